The summed E-state index contributed by atoms with van der Waals surface area (Å²) in [6, 6.07) is 11.8. The van der Waals surface area contributed by atoms with Gasteiger partial charge in [0.1, 0.15) is 0 Å². The Morgan fingerprint density at radius 2 is 1.88 bits per heavy atom. The lowest BCUT2D eigenvalue weighted by Gasteiger charge is -2.08. The first-order valence-corrected chi connectivity index (χ1v) is 8.40. The van der Waals surface area contributed by atoms with Gasteiger partial charge in [-0.25, -0.2) is 4.79 Å². The number of rotatable bonds is 4. The lowest BCUT2D eigenvalue weighted by atomic mass is 10.1. The molecule has 0 saturated carbocycles. The number of nitrogens with zero attached hydrogens (tertiary/aromatic N) is 1. The summed E-state index contributed by atoms with van der Waals surface area (Å²) in [7, 11) is 0. The van der Waals surface area contributed by atoms with Crippen molar-refractivity contribution < 1.29 is 9.53 Å². The number of halogens is 1. The van der Waals surface area contributed by atoms with Crippen LogP contribution in [0.25, 0.3) is 5.52 Å². The third-order valence-corrected chi connectivity index (χ3v) is 4.31. The van der Waals surface area contributed by atoms with Crippen molar-refractivity contribution in [3.05, 3.63) is 75.6 Å². The smallest absolute Gasteiger partial charge is 0.340 e. The highest BCUT2D eigenvalue weighted by molar-refractivity contribution is 6.30. The fraction of sp³-hybridized carbons (Fsp3) is 0.250. The second kappa shape index (κ2) is 6.70. The van der Waals surface area contributed by atoms with Gasteiger partial charge in [-0.15, -0.1) is 0 Å². The highest BCUT2D eigenvalue weighted by Crippen LogP contribution is 2.25. The normalized spacial score (nSPS) is 11.0. The van der Waals surface area contributed by atoms with Crippen molar-refractivity contribution in [2.75, 3.05) is 6.61 Å². The van der Waals surface area contributed by atoms with Gasteiger partial charge in [0.2, 0.25) is 0 Å². The van der Waals surface area contributed by atoms with E-state index in [2.05, 4.69) is 23.6 Å². The van der Waals surface area contributed by atoms with E-state index in [0.717, 1.165) is 39.3 Å². The number of hydrogen-bond donors (Lipinski definition) is 0. The molecule has 0 amide bonds. The fourth-order valence-corrected chi connectivity index (χ4v) is 3.22. The van der Waals surface area contributed by atoms with Crippen molar-refractivity contribution in [3.8, 4) is 0 Å². The molecule has 0 fully saturated rings. The fourth-order valence-electron chi connectivity index (χ4n) is 3.09. The minimum atomic E-state index is -0.274. The zero-order chi connectivity index (χ0) is 17.3. The van der Waals surface area contributed by atoms with Gasteiger partial charge in [0, 0.05) is 23.3 Å². The summed E-state index contributed by atoms with van der Waals surface area (Å²) in [5.74, 6) is -0.274. The molecule has 0 aliphatic heterocycles. The second-order valence-electron chi connectivity index (χ2n) is 5.99. The number of aryl methyl sites for hydroxylation is 2. The standard InChI is InChI=1S/C20H20ClNO2/c1-4-24-20(23)18-11-17(10-15-5-7-16(21)8-6-15)22-12-13(2)9-14(3)19(18)22/h5-9,11-12H,4,10H2,1-3H3. The first-order valence-electron chi connectivity index (χ1n) is 8.02. The van der Waals surface area contributed by atoms with Gasteiger partial charge in [0.15, 0.2) is 0 Å². The summed E-state index contributed by atoms with van der Waals surface area (Å²) in [6.07, 6.45) is 2.79. The molecule has 0 aliphatic rings. The van der Waals surface area contributed by atoms with Crippen LogP contribution in [-0.4, -0.2) is 17.0 Å². The van der Waals surface area contributed by atoms with Gasteiger partial charge >= 0.3 is 5.97 Å². The van der Waals surface area contributed by atoms with Gasteiger partial charge in [-0.3, -0.25) is 0 Å². The van der Waals surface area contributed by atoms with Crippen LogP contribution in [0.3, 0.4) is 0 Å². The van der Waals surface area contributed by atoms with Crippen LogP contribution in [0.5, 0.6) is 0 Å². The molecular weight excluding hydrogens is 322 g/mol. The van der Waals surface area contributed by atoms with Crippen molar-refractivity contribution in [3.63, 3.8) is 0 Å². The lowest BCUT2D eigenvalue weighted by molar-refractivity contribution is 0.0528. The Hall–Kier alpha value is -2.26. The molecular formula is C20H20ClNO2. The van der Waals surface area contributed by atoms with Crippen molar-refractivity contribution in [2.24, 2.45) is 0 Å². The first kappa shape index (κ1) is 16.6. The number of carbonyl (C=O) groups is 1. The van der Waals surface area contributed by atoms with Crippen LogP contribution < -0.4 is 0 Å². The van der Waals surface area contributed by atoms with Gasteiger partial charge in [-0.05, 0) is 55.7 Å². The highest BCUT2D eigenvalue weighted by atomic mass is 35.5. The van der Waals surface area contributed by atoms with Gasteiger partial charge < -0.3 is 9.14 Å². The highest BCUT2D eigenvalue weighted by Gasteiger charge is 2.18. The average molecular weight is 342 g/mol. The molecule has 1 aromatic carbocycles. The van der Waals surface area contributed by atoms with Crippen molar-refractivity contribution in [1.29, 1.82) is 0 Å². The number of pyridine rings is 1. The molecule has 0 radical (unpaired) electrons. The SMILES string of the molecule is CCOC(=O)c1cc(Cc2ccc(Cl)cc2)n2cc(C)cc(C)c12. The summed E-state index contributed by atoms with van der Waals surface area (Å²) >= 11 is 5.97. The molecule has 0 unspecified atom stereocenters. The van der Waals surface area contributed by atoms with Crippen LogP contribution in [0.2, 0.25) is 5.02 Å². The Balaban J connectivity index is 2.13. The van der Waals surface area contributed by atoms with E-state index in [1.165, 1.54) is 0 Å². The number of hydrogen-bond acceptors (Lipinski definition) is 2. The predicted molar refractivity (Wildman–Crippen MR) is 97.1 cm³/mol. The Morgan fingerprint density at radius 3 is 2.54 bits per heavy atom. The maximum absolute atomic E-state index is 12.4. The van der Waals surface area contributed by atoms with Crippen molar-refractivity contribution in [2.45, 2.75) is 27.2 Å². The predicted octanol–water partition coefficient (Wildman–Crippen LogP) is 4.98. The molecule has 0 atom stereocenters. The van der Waals surface area contributed by atoms with E-state index in [0.29, 0.717) is 12.2 Å². The molecule has 24 heavy (non-hydrogen) atoms. The molecule has 0 aliphatic carbocycles. The maximum Gasteiger partial charge on any atom is 0.340 e. The van der Waals surface area contributed by atoms with Crippen LogP contribution in [0.4, 0.5) is 0 Å². The average Bonchev–Trinajstić information content (AvgIpc) is 2.89. The largest absolute Gasteiger partial charge is 0.462 e. The number of ether oxygens (including phenoxy) is 1. The topological polar surface area (TPSA) is 30.7 Å². The van der Waals surface area contributed by atoms with E-state index in [9.17, 15) is 4.79 Å². The third kappa shape index (κ3) is 3.17. The van der Waals surface area contributed by atoms with Gasteiger partial charge in [-0.2, -0.15) is 0 Å². The van der Waals surface area contributed by atoms with E-state index in [1.807, 2.05) is 44.2 Å². The van der Waals surface area contributed by atoms with Crippen molar-refractivity contribution >= 4 is 23.1 Å². The Bertz CT molecular complexity index is 894. The quantitative estimate of drug-likeness (QED) is 0.627. The Kier molecular flexibility index (Phi) is 4.63. The molecule has 2 aromatic heterocycles. The summed E-state index contributed by atoms with van der Waals surface area (Å²) < 4.78 is 7.33. The third-order valence-electron chi connectivity index (χ3n) is 4.06. The van der Waals surface area contributed by atoms with E-state index in [1.54, 1.807) is 0 Å². The molecule has 3 nitrogen and oxygen atoms in total. The van der Waals surface area contributed by atoms with Crippen LogP contribution >= 0.6 is 11.6 Å². The summed E-state index contributed by atoms with van der Waals surface area (Å²) in [5.41, 5.74) is 5.97. The molecule has 0 N–H and O–H groups in total. The number of esters is 1. The summed E-state index contributed by atoms with van der Waals surface area (Å²) in [6.45, 7) is 6.27. The Labute approximate surface area is 146 Å². The molecule has 124 valence electrons. The maximum atomic E-state index is 12.4. The zero-order valence-electron chi connectivity index (χ0n) is 14.1. The molecule has 3 aromatic rings. The lowest BCUT2D eigenvalue weighted by Crippen LogP contribution is -2.04. The van der Waals surface area contributed by atoms with Crippen LogP contribution in [0.1, 0.15) is 39.7 Å². The number of carbonyl (C=O) groups excluding carboxylic acids is 1. The van der Waals surface area contributed by atoms with Gasteiger partial charge in [0.05, 0.1) is 17.7 Å². The molecule has 0 spiro atoms. The number of fused-ring (bicyclic) bond motifs is 1. The molecule has 0 bridgehead atoms. The zero-order valence-corrected chi connectivity index (χ0v) is 14.9. The minimum Gasteiger partial charge on any atom is -0.462 e. The summed E-state index contributed by atoms with van der Waals surface area (Å²) in [4.78, 5) is 12.4. The molecule has 2 heterocycles. The first-order chi connectivity index (χ1) is 11.5. The van der Waals surface area contributed by atoms with Gasteiger partial charge in [-0.1, -0.05) is 29.8 Å². The minimum absolute atomic E-state index is 0.274. The van der Waals surface area contributed by atoms with Crippen molar-refractivity contribution in [1.82, 2.24) is 4.40 Å². The Morgan fingerprint density at radius 1 is 1.17 bits per heavy atom. The van der Waals surface area contributed by atoms with Gasteiger partial charge in [0.25, 0.3) is 0 Å². The van der Waals surface area contributed by atoms with E-state index in [-0.39, 0.29) is 5.97 Å². The molecule has 3 rings (SSSR count). The summed E-state index contributed by atoms with van der Waals surface area (Å²) in [5, 5.41) is 0.720. The van der Waals surface area contributed by atoms with Crippen LogP contribution in [-0.2, 0) is 11.2 Å². The molecule has 0 saturated heterocycles. The monoisotopic (exact) mass is 341 g/mol. The molecule has 4 heteroatoms. The number of aromatic nitrogens is 1. The number of benzene rings is 1. The van der Waals surface area contributed by atoms with Crippen LogP contribution in [0.15, 0.2) is 42.6 Å². The second-order valence-corrected chi connectivity index (χ2v) is 6.43. The van der Waals surface area contributed by atoms with Crippen LogP contribution in [0, 0.1) is 13.8 Å². The van der Waals surface area contributed by atoms with E-state index in [4.69, 9.17) is 16.3 Å². The van der Waals surface area contributed by atoms with E-state index < -0.39 is 0 Å². The van der Waals surface area contributed by atoms with E-state index >= 15 is 0 Å².